The summed E-state index contributed by atoms with van der Waals surface area (Å²) in [4.78, 5) is 18.3. The third-order valence-corrected chi connectivity index (χ3v) is 9.66. The van der Waals surface area contributed by atoms with Gasteiger partial charge in [-0.05, 0) is 117 Å². The minimum absolute atomic E-state index is 0.0830. The van der Waals surface area contributed by atoms with Crippen molar-refractivity contribution >= 4 is 5.91 Å². The number of carbonyl (C=O) groups excluding carboxylic acids is 1. The molecule has 1 aliphatic carbocycles. The number of amides is 1. The van der Waals surface area contributed by atoms with E-state index in [1.807, 2.05) is 12.1 Å². The van der Waals surface area contributed by atoms with Gasteiger partial charge in [-0.1, -0.05) is 46.2 Å². The SMILES string of the molecule is Cc1cc2c(cc1Cc1ccc(C(=O)N3CCCCC3CCN3CCCCC3)o1)C(C)(C)CCC2(C)C. The van der Waals surface area contributed by atoms with Crippen LogP contribution >= 0.6 is 0 Å². The summed E-state index contributed by atoms with van der Waals surface area (Å²) in [6.07, 6.45) is 11.7. The normalized spacial score (nSPS) is 23.6. The van der Waals surface area contributed by atoms with Gasteiger partial charge in [-0.15, -0.1) is 0 Å². The van der Waals surface area contributed by atoms with E-state index < -0.39 is 0 Å². The van der Waals surface area contributed by atoms with Crippen LogP contribution in [0.1, 0.15) is 124 Å². The zero-order valence-corrected chi connectivity index (χ0v) is 24.0. The largest absolute Gasteiger partial charge is 0.456 e. The van der Waals surface area contributed by atoms with Gasteiger partial charge >= 0.3 is 0 Å². The molecule has 2 aromatic rings. The molecule has 3 heterocycles. The highest BCUT2D eigenvalue weighted by atomic mass is 16.4. The Morgan fingerprint density at radius 1 is 0.919 bits per heavy atom. The molecule has 0 saturated carbocycles. The highest BCUT2D eigenvalue weighted by molar-refractivity contribution is 5.91. The molecule has 0 spiro atoms. The number of nitrogens with zero attached hydrogens (tertiary/aromatic N) is 2. The van der Waals surface area contributed by atoms with Gasteiger partial charge in [0, 0.05) is 25.6 Å². The molecule has 1 unspecified atom stereocenters. The van der Waals surface area contributed by atoms with Crippen molar-refractivity contribution in [1.29, 1.82) is 0 Å². The molecule has 202 valence electrons. The Morgan fingerprint density at radius 3 is 2.32 bits per heavy atom. The van der Waals surface area contributed by atoms with E-state index in [-0.39, 0.29) is 16.7 Å². The molecule has 2 fully saturated rings. The topological polar surface area (TPSA) is 36.7 Å². The molecule has 0 radical (unpaired) electrons. The summed E-state index contributed by atoms with van der Waals surface area (Å²) in [5.41, 5.74) is 6.03. The second-order valence-electron chi connectivity index (χ2n) is 13.4. The fourth-order valence-electron chi connectivity index (χ4n) is 6.96. The van der Waals surface area contributed by atoms with Crippen molar-refractivity contribution in [3.63, 3.8) is 0 Å². The lowest BCUT2D eigenvalue weighted by molar-refractivity contribution is 0.0546. The Morgan fingerprint density at radius 2 is 1.59 bits per heavy atom. The van der Waals surface area contributed by atoms with E-state index in [0.29, 0.717) is 11.8 Å². The highest BCUT2D eigenvalue weighted by Gasteiger charge is 2.37. The number of hydrogen-bond donors (Lipinski definition) is 0. The summed E-state index contributed by atoms with van der Waals surface area (Å²) in [5.74, 6) is 1.48. The molecule has 4 nitrogen and oxygen atoms in total. The summed E-state index contributed by atoms with van der Waals surface area (Å²) < 4.78 is 6.24. The number of carbonyl (C=O) groups is 1. The first-order chi connectivity index (χ1) is 17.6. The van der Waals surface area contributed by atoms with Gasteiger partial charge in [-0.2, -0.15) is 0 Å². The van der Waals surface area contributed by atoms with Crippen molar-refractivity contribution in [2.45, 2.75) is 116 Å². The quantitative estimate of drug-likeness (QED) is 0.411. The minimum Gasteiger partial charge on any atom is -0.456 e. The molecular formula is C33H48N2O2. The Hall–Kier alpha value is -2.07. The number of hydrogen-bond acceptors (Lipinski definition) is 3. The molecule has 2 saturated heterocycles. The van der Waals surface area contributed by atoms with E-state index in [1.54, 1.807) is 0 Å². The Bertz CT molecular complexity index is 1110. The molecule has 1 aromatic heterocycles. The smallest absolute Gasteiger partial charge is 0.289 e. The molecule has 1 aromatic carbocycles. The van der Waals surface area contributed by atoms with Gasteiger partial charge < -0.3 is 14.2 Å². The third-order valence-electron chi connectivity index (χ3n) is 9.66. The van der Waals surface area contributed by atoms with Crippen LogP contribution < -0.4 is 0 Å². The lowest BCUT2D eigenvalue weighted by atomic mass is 9.62. The lowest BCUT2D eigenvalue weighted by Gasteiger charge is -2.42. The van der Waals surface area contributed by atoms with Gasteiger partial charge in [0.25, 0.3) is 5.91 Å². The van der Waals surface area contributed by atoms with Gasteiger partial charge in [-0.3, -0.25) is 4.79 Å². The van der Waals surface area contributed by atoms with Gasteiger partial charge in [0.15, 0.2) is 5.76 Å². The molecule has 1 atom stereocenters. The number of furan rings is 1. The van der Waals surface area contributed by atoms with Crippen LogP contribution in [0.25, 0.3) is 0 Å². The third kappa shape index (κ3) is 5.70. The van der Waals surface area contributed by atoms with E-state index in [4.69, 9.17) is 4.42 Å². The monoisotopic (exact) mass is 504 g/mol. The maximum Gasteiger partial charge on any atom is 0.289 e. The predicted octanol–water partition coefficient (Wildman–Crippen LogP) is 7.40. The van der Waals surface area contributed by atoms with Crippen molar-refractivity contribution in [2.24, 2.45) is 0 Å². The second kappa shape index (κ2) is 10.6. The average molecular weight is 505 g/mol. The molecule has 3 aliphatic rings. The molecule has 37 heavy (non-hydrogen) atoms. The first kappa shape index (κ1) is 26.5. The molecule has 5 rings (SSSR count). The average Bonchev–Trinajstić information content (AvgIpc) is 3.35. The summed E-state index contributed by atoms with van der Waals surface area (Å²) >= 11 is 0. The fourth-order valence-corrected chi connectivity index (χ4v) is 6.96. The number of benzene rings is 1. The van der Waals surface area contributed by atoms with Crippen molar-refractivity contribution in [2.75, 3.05) is 26.2 Å². The lowest BCUT2D eigenvalue weighted by Crippen LogP contribution is -2.45. The van der Waals surface area contributed by atoms with Crippen LogP contribution in [0.3, 0.4) is 0 Å². The molecule has 0 bridgehead atoms. The van der Waals surface area contributed by atoms with Gasteiger partial charge in [0.05, 0.1) is 0 Å². The first-order valence-electron chi connectivity index (χ1n) is 14.9. The van der Waals surface area contributed by atoms with Crippen molar-refractivity contribution in [3.8, 4) is 0 Å². The summed E-state index contributed by atoms with van der Waals surface area (Å²) in [6.45, 7) is 16.2. The van der Waals surface area contributed by atoms with Gasteiger partial charge in [-0.25, -0.2) is 0 Å². The maximum absolute atomic E-state index is 13.6. The molecule has 4 heteroatoms. The Balaban J connectivity index is 1.29. The highest BCUT2D eigenvalue weighted by Crippen LogP contribution is 2.46. The van der Waals surface area contributed by atoms with Crippen LogP contribution in [-0.4, -0.2) is 47.9 Å². The van der Waals surface area contributed by atoms with Crippen LogP contribution in [0.15, 0.2) is 28.7 Å². The maximum atomic E-state index is 13.6. The number of rotatable bonds is 6. The molecule has 1 amide bonds. The van der Waals surface area contributed by atoms with E-state index in [2.05, 4.69) is 56.6 Å². The second-order valence-corrected chi connectivity index (χ2v) is 13.4. The molecular weight excluding hydrogens is 456 g/mol. The first-order valence-corrected chi connectivity index (χ1v) is 14.9. The number of fused-ring (bicyclic) bond motifs is 1. The predicted molar refractivity (Wildman–Crippen MR) is 152 cm³/mol. The summed E-state index contributed by atoms with van der Waals surface area (Å²) in [7, 11) is 0. The van der Waals surface area contributed by atoms with E-state index in [1.165, 1.54) is 73.9 Å². The van der Waals surface area contributed by atoms with E-state index in [9.17, 15) is 4.79 Å². The fraction of sp³-hybridized carbons (Fsp3) is 0.667. The zero-order valence-electron chi connectivity index (χ0n) is 24.0. The zero-order chi connectivity index (χ0) is 26.2. The Labute approximate surface area is 224 Å². The standard InChI is InChI=1S/C33H48N2O2/c1-24-21-28-29(33(4,5)16-15-32(28,2)3)23-25(24)22-27-12-13-30(37-27)31(36)35-19-10-7-11-26(35)14-20-34-17-8-6-9-18-34/h12-13,21,23,26H,6-11,14-20,22H2,1-5H3. The molecule has 0 N–H and O–H groups in total. The van der Waals surface area contributed by atoms with Crippen molar-refractivity contribution in [1.82, 2.24) is 9.80 Å². The molecule has 2 aliphatic heterocycles. The Kier molecular flexibility index (Phi) is 7.60. The van der Waals surface area contributed by atoms with Gasteiger partial charge in [0.2, 0.25) is 0 Å². The van der Waals surface area contributed by atoms with Crippen molar-refractivity contribution in [3.05, 3.63) is 58.0 Å². The van der Waals surface area contributed by atoms with Gasteiger partial charge in [0.1, 0.15) is 5.76 Å². The van der Waals surface area contributed by atoms with E-state index in [0.717, 1.165) is 44.5 Å². The van der Waals surface area contributed by atoms with Crippen LogP contribution in [0.4, 0.5) is 0 Å². The summed E-state index contributed by atoms with van der Waals surface area (Å²) in [5, 5.41) is 0. The van der Waals surface area contributed by atoms with Crippen LogP contribution in [0, 0.1) is 6.92 Å². The summed E-state index contributed by atoms with van der Waals surface area (Å²) in [6, 6.07) is 9.12. The number of likely N-dealkylation sites (tertiary alicyclic amines) is 2. The minimum atomic E-state index is 0.0830. The van der Waals surface area contributed by atoms with E-state index >= 15 is 0 Å². The van der Waals surface area contributed by atoms with Crippen LogP contribution in [0.2, 0.25) is 0 Å². The van der Waals surface area contributed by atoms with Crippen molar-refractivity contribution < 1.29 is 9.21 Å². The number of piperidine rings is 2. The van der Waals surface area contributed by atoms with Crippen LogP contribution in [0.5, 0.6) is 0 Å². The van der Waals surface area contributed by atoms with Crippen LogP contribution in [-0.2, 0) is 17.3 Å². The number of aryl methyl sites for hydroxylation is 1.